The van der Waals surface area contributed by atoms with Crippen LogP contribution in [0.2, 0.25) is 0 Å². The van der Waals surface area contributed by atoms with Crippen molar-refractivity contribution >= 4 is 5.78 Å². The third-order valence-electron chi connectivity index (χ3n) is 3.73. The summed E-state index contributed by atoms with van der Waals surface area (Å²) in [5.74, 6) is -2.38. The molecule has 0 radical (unpaired) electrons. The number of hydrogen-bond acceptors (Lipinski definition) is 2. The van der Waals surface area contributed by atoms with Gasteiger partial charge in [-0.3, -0.25) is 9.69 Å². The molecule has 1 saturated carbocycles. The topological polar surface area (TPSA) is 20.3 Å². The molecule has 0 aromatic heterocycles. The van der Waals surface area contributed by atoms with E-state index in [1.165, 1.54) is 0 Å². The van der Waals surface area contributed by atoms with Crippen molar-refractivity contribution in [1.82, 2.24) is 4.90 Å². The molecule has 0 unspecified atom stereocenters. The van der Waals surface area contributed by atoms with E-state index in [4.69, 9.17) is 0 Å². The Morgan fingerprint density at radius 1 is 1.21 bits per heavy atom. The number of carbonyl (C=O) groups excluding carboxylic acids is 1. The van der Waals surface area contributed by atoms with Gasteiger partial charge in [0.05, 0.1) is 5.54 Å². The standard InChI is InChI=1S/C10H15F2NO/c1-13-7-2-8(14)9(13)3-5-10(11,12)6-4-9/h2-7H2,1H3. The second-order valence-corrected chi connectivity index (χ2v) is 4.48. The lowest BCUT2D eigenvalue weighted by molar-refractivity contribution is -0.132. The lowest BCUT2D eigenvalue weighted by atomic mass is 9.77. The molecule has 1 heterocycles. The molecule has 0 amide bonds. The number of nitrogens with zero attached hydrogens (tertiary/aromatic N) is 1. The van der Waals surface area contributed by atoms with Crippen LogP contribution in [-0.2, 0) is 4.79 Å². The molecule has 4 heteroatoms. The summed E-state index contributed by atoms with van der Waals surface area (Å²) in [5.41, 5.74) is -0.540. The van der Waals surface area contributed by atoms with Gasteiger partial charge < -0.3 is 0 Å². The molecule has 0 atom stereocenters. The third-order valence-corrected chi connectivity index (χ3v) is 3.73. The van der Waals surface area contributed by atoms with Gasteiger partial charge in [0, 0.05) is 25.8 Å². The Hall–Kier alpha value is -0.510. The Kier molecular flexibility index (Phi) is 2.14. The van der Waals surface area contributed by atoms with Crippen LogP contribution in [0.15, 0.2) is 0 Å². The quantitative estimate of drug-likeness (QED) is 0.598. The molecule has 80 valence electrons. The van der Waals surface area contributed by atoms with E-state index in [9.17, 15) is 13.6 Å². The van der Waals surface area contributed by atoms with Gasteiger partial charge in [0.25, 0.3) is 0 Å². The van der Waals surface area contributed by atoms with Crippen LogP contribution in [0, 0.1) is 0 Å². The van der Waals surface area contributed by atoms with Gasteiger partial charge >= 0.3 is 0 Å². The molecule has 1 aliphatic carbocycles. The summed E-state index contributed by atoms with van der Waals surface area (Å²) < 4.78 is 25.9. The van der Waals surface area contributed by atoms with Gasteiger partial charge in [0.1, 0.15) is 0 Å². The number of hydrogen-bond donors (Lipinski definition) is 0. The maximum Gasteiger partial charge on any atom is 0.248 e. The van der Waals surface area contributed by atoms with Crippen molar-refractivity contribution in [3.8, 4) is 0 Å². The molecule has 0 bridgehead atoms. The van der Waals surface area contributed by atoms with Crippen LogP contribution >= 0.6 is 0 Å². The summed E-state index contributed by atoms with van der Waals surface area (Å²) in [5, 5.41) is 0. The van der Waals surface area contributed by atoms with E-state index >= 15 is 0 Å². The van der Waals surface area contributed by atoms with Crippen LogP contribution in [0.3, 0.4) is 0 Å². The summed E-state index contributed by atoms with van der Waals surface area (Å²) >= 11 is 0. The first kappa shape index (κ1) is 10.0. The van der Waals surface area contributed by atoms with Crippen molar-refractivity contribution in [2.45, 2.75) is 43.6 Å². The Balaban J connectivity index is 2.15. The Morgan fingerprint density at radius 2 is 1.79 bits per heavy atom. The van der Waals surface area contributed by atoms with Crippen LogP contribution < -0.4 is 0 Å². The maximum atomic E-state index is 13.0. The average molecular weight is 203 g/mol. The van der Waals surface area contributed by atoms with Gasteiger partial charge in [-0.1, -0.05) is 0 Å². The molecule has 2 fully saturated rings. The van der Waals surface area contributed by atoms with Gasteiger partial charge in [-0.2, -0.15) is 0 Å². The molecular formula is C10H15F2NO. The zero-order chi connectivity index (χ0) is 10.4. The Labute approximate surface area is 82.3 Å². The summed E-state index contributed by atoms with van der Waals surface area (Å²) in [6.07, 6.45) is 0.916. The minimum absolute atomic E-state index is 0.136. The number of Topliss-reactive ketones (excluding diaryl/α,β-unsaturated/α-hetero) is 1. The fourth-order valence-corrected chi connectivity index (χ4v) is 2.62. The number of halogens is 2. The molecule has 0 N–H and O–H groups in total. The highest BCUT2D eigenvalue weighted by molar-refractivity contribution is 5.90. The van der Waals surface area contributed by atoms with Crippen molar-refractivity contribution in [1.29, 1.82) is 0 Å². The fourth-order valence-electron chi connectivity index (χ4n) is 2.62. The average Bonchev–Trinajstić information content (AvgIpc) is 2.39. The first-order chi connectivity index (χ1) is 6.46. The van der Waals surface area contributed by atoms with Crippen LogP contribution in [0.1, 0.15) is 32.1 Å². The minimum Gasteiger partial charge on any atom is -0.298 e. The van der Waals surface area contributed by atoms with E-state index < -0.39 is 11.5 Å². The number of likely N-dealkylation sites (tertiary alicyclic amines) is 1. The maximum absolute atomic E-state index is 13.0. The van der Waals surface area contributed by atoms with Crippen LogP contribution in [-0.4, -0.2) is 35.7 Å². The molecule has 1 spiro atoms. The molecule has 0 aromatic carbocycles. The Morgan fingerprint density at radius 3 is 2.21 bits per heavy atom. The first-order valence-corrected chi connectivity index (χ1v) is 5.09. The van der Waals surface area contributed by atoms with Gasteiger partial charge in [0.2, 0.25) is 5.92 Å². The van der Waals surface area contributed by atoms with E-state index in [1.807, 2.05) is 11.9 Å². The molecule has 2 aliphatic rings. The van der Waals surface area contributed by atoms with Crippen molar-refractivity contribution < 1.29 is 13.6 Å². The van der Waals surface area contributed by atoms with Crippen molar-refractivity contribution in [3.05, 3.63) is 0 Å². The molecule has 1 aliphatic heterocycles. The zero-order valence-electron chi connectivity index (χ0n) is 8.35. The monoisotopic (exact) mass is 203 g/mol. The number of carbonyl (C=O) groups is 1. The van der Waals surface area contributed by atoms with E-state index in [2.05, 4.69) is 0 Å². The highest BCUT2D eigenvalue weighted by Gasteiger charge is 2.52. The molecule has 2 nitrogen and oxygen atoms in total. The highest BCUT2D eigenvalue weighted by atomic mass is 19.3. The summed E-state index contributed by atoms with van der Waals surface area (Å²) in [6, 6.07) is 0. The third kappa shape index (κ3) is 1.36. The smallest absolute Gasteiger partial charge is 0.248 e. The highest BCUT2D eigenvalue weighted by Crippen LogP contribution is 2.44. The second kappa shape index (κ2) is 2.99. The van der Waals surface area contributed by atoms with E-state index in [-0.39, 0.29) is 18.6 Å². The minimum atomic E-state index is -2.55. The van der Waals surface area contributed by atoms with Crippen molar-refractivity contribution in [3.63, 3.8) is 0 Å². The number of rotatable bonds is 0. The van der Waals surface area contributed by atoms with E-state index in [0.29, 0.717) is 19.3 Å². The Bertz CT molecular complexity index is 255. The predicted molar refractivity (Wildman–Crippen MR) is 48.4 cm³/mol. The van der Waals surface area contributed by atoms with Crippen molar-refractivity contribution in [2.24, 2.45) is 0 Å². The van der Waals surface area contributed by atoms with Crippen molar-refractivity contribution in [2.75, 3.05) is 13.6 Å². The second-order valence-electron chi connectivity index (χ2n) is 4.48. The molecule has 2 rings (SSSR count). The van der Waals surface area contributed by atoms with E-state index in [0.717, 1.165) is 6.54 Å². The zero-order valence-corrected chi connectivity index (χ0v) is 8.35. The molecule has 0 aromatic rings. The number of ketones is 1. The van der Waals surface area contributed by atoms with Gasteiger partial charge in [-0.25, -0.2) is 8.78 Å². The number of alkyl halides is 2. The fraction of sp³-hybridized carbons (Fsp3) is 0.900. The number of likely N-dealkylation sites (N-methyl/N-ethyl adjacent to an activating group) is 1. The van der Waals surface area contributed by atoms with Crippen LogP contribution in [0.4, 0.5) is 8.78 Å². The SMILES string of the molecule is CN1CCC(=O)C12CCC(F)(F)CC2. The van der Waals surface area contributed by atoms with Gasteiger partial charge in [-0.05, 0) is 19.9 Å². The van der Waals surface area contributed by atoms with Crippen LogP contribution in [0.5, 0.6) is 0 Å². The lowest BCUT2D eigenvalue weighted by Crippen LogP contribution is -2.50. The predicted octanol–water partition coefficient (Wildman–Crippen LogP) is 1.84. The molecular weight excluding hydrogens is 188 g/mol. The van der Waals surface area contributed by atoms with E-state index in [1.54, 1.807) is 0 Å². The summed E-state index contributed by atoms with van der Waals surface area (Å²) in [7, 11) is 1.87. The first-order valence-electron chi connectivity index (χ1n) is 5.09. The summed E-state index contributed by atoms with van der Waals surface area (Å²) in [6.45, 7) is 0.727. The van der Waals surface area contributed by atoms with Gasteiger partial charge in [0.15, 0.2) is 5.78 Å². The molecule has 1 saturated heterocycles. The van der Waals surface area contributed by atoms with Gasteiger partial charge in [-0.15, -0.1) is 0 Å². The largest absolute Gasteiger partial charge is 0.298 e. The molecule has 14 heavy (non-hydrogen) atoms. The summed E-state index contributed by atoms with van der Waals surface area (Å²) in [4.78, 5) is 13.6. The lowest BCUT2D eigenvalue weighted by Gasteiger charge is -2.40. The van der Waals surface area contributed by atoms with Crippen LogP contribution in [0.25, 0.3) is 0 Å². The normalized spacial score (nSPS) is 31.2.